The summed E-state index contributed by atoms with van der Waals surface area (Å²) in [5.41, 5.74) is 2.29. The Morgan fingerprint density at radius 2 is 2.10 bits per heavy atom. The van der Waals surface area contributed by atoms with Gasteiger partial charge in [0, 0.05) is 23.2 Å². The molecule has 0 atom stereocenters. The molecule has 0 aliphatic carbocycles. The molecule has 146 valence electrons. The summed E-state index contributed by atoms with van der Waals surface area (Å²) in [7, 11) is 0. The van der Waals surface area contributed by atoms with Crippen LogP contribution in [0.15, 0.2) is 46.3 Å². The summed E-state index contributed by atoms with van der Waals surface area (Å²) in [5.74, 6) is -0.149. The van der Waals surface area contributed by atoms with Gasteiger partial charge in [-0.25, -0.2) is 4.98 Å². The quantitative estimate of drug-likeness (QED) is 0.539. The molecule has 9 heteroatoms. The number of hydrogen-bond acceptors (Lipinski definition) is 7. The molecule has 1 aliphatic heterocycles. The summed E-state index contributed by atoms with van der Waals surface area (Å²) in [4.78, 5) is 33.1. The van der Waals surface area contributed by atoms with Crippen LogP contribution in [0.2, 0.25) is 0 Å². The van der Waals surface area contributed by atoms with Gasteiger partial charge in [0.1, 0.15) is 5.69 Å². The first-order valence-corrected chi connectivity index (χ1v) is 10.8. The standard InChI is InChI=1S/C20H16N4O3S2/c25-18(10-14-12-4-1-2-5-15(12)27-23-14)24-8-7-13-17(11-24)29-20(21-13)22-19(26)16-6-3-9-28-16/h1-6,9H,7-8,10-11H2,(H,21,22,26). The molecule has 4 aromatic rings. The Morgan fingerprint density at radius 3 is 2.97 bits per heavy atom. The normalized spacial score (nSPS) is 13.4. The molecule has 0 spiro atoms. The van der Waals surface area contributed by atoms with Crippen molar-refractivity contribution in [1.82, 2.24) is 15.0 Å². The average Bonchev–Trinajstić information content (AvgIpc) is 3.47. The molecule has 0 saturated heterocycles. The minimum Gasteiger partial charge on any atom is -0.356 e. The van der Waals surface area contributed by atoms with E-state index in [1.165, 1.54) is 22.7 Å². The smallest absolute Gasteiger partial charge is 0.267 e. The third-order valence-electron chi connectivity index (χ3n) is 4.82. The fourth-order valence-electron chi connectivity index (χ4n) is 3.35. The van der Waals surface area contributed by atoms with E-state index in [9.17, 15) is 9.59 Å². The SMILES string of the molecule is O=C(Nc1nc2c(s1)CN(C(=O)Cc1noc3ccccc13)CC2)c1cccs1. The first-order valence-electron chi connectivity index (χ1n) is 9.12. The molecule has 1 aliphatic rings. The van der Waals surface area contributed by atoms with Gasteiger partial charge in [0.15, 0.2) is 10.7 Å². The molecule has 1 aromatic carbocycles. The number of amides is 2. The molecule has 1 N–H and O–H groups in total. The fourth-order valence-corrected chi connectivity index (χ4v) is 4.99. The number of thiazole rings is 1. The van der Waals surface area contributed by atoms with Gasteiger partial charge in [-0.2, -0.15) is 0 Å². The second-order valence-corrected chi connectivity index (χ2v) is 8.72. The van der Waals surface area contributed by atoms with Crippen molar-refractivity contribution in [1.29, 1.82) is 0 Å². The molecule has 0 radical (unpaired) electrons. The Balaban J connectivity index is 1.27. The number of hydrogen-bond donors (Lipinski definition) is 1. The Bertz CT molecular complexity index is 1200. The van der Waals surface area contributed by atoms with E-state index < -0.39 is 0 Å². The summed E-state index contributed by atoms with van der Waals surface area (Å²) in [5, 5.41) is 10.2. The van der Waals surface area contributed by atoms with Gasteiger partial charge in [-0.3, -0.25) is 14.9 Å². The number of nitrogens with one attached hydrogen (secondary N) is 1. The van der Waals surface area contributed by atoms with Crippen molar-refractivity contribution in [2.24, 2.45) is 0 Å². The summed E-state index contributed by atoms with van der Waals surface area (Å²) in [6, 6.07) is 11.2. The number of benzene rings is 1. The number of thiophene rings is 1. The Morgan fingerprint density at radius 1 is 1.21 bits per heavy atom. The van der Waals surface area contributed by atoms with Gasteiger partial charge >= 0.3 is 0 Å². The highest BCUT2D eigenvalue weighted by molar-refractivity contribution is 7.16. The third kappa shape index (κ3) is 3.54. The second kappa shape index (κ2) is 7.41. The largest absolute Gasteiger partial charge is 0.356 e. The maximum absolute atomic E-state index is 12.8. The molecule has 0 fully saturated rings. The molecule has 0 unspecified atom stereocenters. The molecule has 5 rings (SSSR count). The minimum absolute atomic E-state index is 0.00674. The number of anilines is 1. The van der Waals surface area contributed by atoms with Crippen LogP contribution in [0, 0.1) is 0 Å². The topological polar surface area (TPSA) is 88.3 Å². The second-order valence-electron chi connectivity index (χ2n) is 6.69. The predicted molar refractivity (Wildman–Crippen MR) is 111 cm³/mol. The predicted octanol–water partition coefficient (Wildman–Crippen LogP) is 3.73. The van der Waals surface area contributed by atoms with E-state index in [0.717, 1.165) is 16.0 Å². The highest BCUT2D eigenvalue weighted by atomic mass is 32.1. The van der Waals surface area contributed by atoms with Crippen LogP contribution in [0.25, 0.3) is 11.0 Å². The van der Waals surface area contributed by atoms with E-state index in [2.05, 4.69) is 15.5 Å². The molecule has 7 nitrogen and oxygen atoms in total. The van der Waals surface area contributed by atoms with Crippen molar-refractivity contribution < 1.29 is 14.1 Å². The Labute approximate surface area is 174 Å². The van der Waals surface area contributed by atoms with Gasteiger partial charge in [-0.05, 0) is 23.6 Å². The van der Waals surface area contributed by atoms with Gasteiger partial charge in [0.05, 0.1) is 23.5 Å². The van der Waals surface area contributed by atoms with Crippen molar-refractivity contribution in [3.05, 3.63) is 62.9 Å². The third-order valence-corrected chi connectivity index (χ3v) is 6.69. The van der Waals surface area contributed by atoms with Crippen molar-refractivity contribution in [2.45, 2.75) is 19.4 Å². The lowest BCUT2D eigenvalue weighted by atomic mass is 10.1. The van der Waals surface area contributed by atoms with Crippen molar-refractivity contribution in [2.75, 3.05) is 11.9 Å². The summed E-state index contributed by atoms with van der Waals surface area (Å²) in [6.07, 6.45) is 0.874. The average molecular weight is 425 g/mol. The van der Waals surface area contributed by atoms with Crippen LogP contribution in [0.1, 0.15) is 25.9 Å². The molecular formula is C20H16N4O3S2. The van der Waals surface area contributed by atoms with Crippen LogP contribution in [0.4, 0.5) is 5.13 Å². The van der Waals surface area contributed by atoms with Gasteiger partial charge < -0.3 is 9.42 Å². The minimum atomic E-state index is -0.156. The van der Waals surface area contributed by atoms with E-state index in [1.807, 2.05) is 40.6 Å². The molecule has 4 heterocycles. The number of carbonyl (C=O) groups is 2. The first-order chi connectivity index (χ1) is 14.2. The van der Waals surface area contributed by atoms with Gasteiger partial charge in [-0.15, -0.1) is 11.3 Å². The molecule has 29 heavy (non-hydrogen) atoms. The van der Waals surface area contributed by atoms with Gasteiger partial charge in [0.25, 0.3) is 5.91 Å². The van der Waals surface area contributed by atoms with Gasteiger partial charge in [0.2, 0.25) is 5.91 Å². The molecule has 0 bridgehead atoms. The first kappa shape index (κ1) is 18.0. The van der Waals surface area contributed by atoms with Crippen molar-refractivity contribution in [3.63, 3.8) is 0 Å². The molecule has 3 aromatic heterocycles. The van der Waals surface area contributed by atoms with Crippen LogP contribution in [-0.4, -0.2) is 33.4 Å². The van der Waals surface area contributed by atoms with E-state index in [4.69, 9.17) is 4.52 Å². The zero-order valence-corrected chi connectivity index (χ0v) is 16.9. The molecule has 2 amide bonds. The number of carbonyl (C=O) groups excluding carboxylic acids is 2. The Kier molecular flexibility index (Phi) is 4.61. The summed E-state index contributed by atoms with van der Waals surface area (Å²) < 4.78 is 5.30. The van der Waals surface area contributed by atoms with E-state index in [1.54, 1.807) is 6.07 Å². The number of aromatic nitrogens is 2. The van der Waals surface area contributed by atoms with Crippen LogP contribution in [-0.2, 0) is 24.2 Å². The van der Waals surface area contributed by atoms with Crippen molar-refractivity contribution in [3.8, 4) is 0 Å². The highest BCUT2D eigenvalue weighted by Crippen LogP contribution is 2.29. The Hall–Kier alpha value is -3.04. The number of rotatable bonds is 4. The number of para-hydroxylation sites is 1. The fraction of sp³-hybridized carbons (Fsp3) is 0.200. The molecular weight excluding hydrogens is 408 g/mol. The summed E-state index contributed by atoms with van der Waals surface area (Å²) in [6.45, 7) is 1.10. The van der Waals surface area contributed by atoms with E-state index in [0.29, 0.717) is 40.8 Å². The number of fused-ring (bicyclic) bond motifs is 2. The van der Waals surface area contributed by atoms with Crippen LogP contribution in [0.3, 0.4) is 0 Å². The summed E-state index contributed by atoms with van der Waals surface area (Å²) >= 11 is 2.82. The zero-order valence-electron chi connectivity index (χ0n) is 15.3. The molecule has 0 saturated carbocycles. The number of nitrogens with zero attached hydrogens (tertiary/aromatic N) is 3. The van der Waals surface area contributed by atoms with E-state index >= 15 is 0 Å². The van der Waals surface area contributed by atoms with Crippen LogP contribution < -0.4 is 5.32 Å². The highest BCUT2D eigenvalue weighted by Gasteiger charge is 2.26. The van der Waals surface area contributed by atoms with E-state index in [-0.39, 0.29) is 18.2 Å². The zero-order chi connectivity index (χ0) is 19.8. The maximum atomic E-state index is 12.8. The maximum Gasteiger partial charge on any atom is 0.267 e. The van der Waals surface area contributed by atoms with Crippen molar-refractivity contribution >= 4 is 50.6 Å². The van der Waals surface area contributed by atoms with Gasteiger partial charge in [-0.1, -0.05) is 34.7 Å². The monoisotopic (exact) mass is 424 g/mol. The van der Waals surface area contributed by atoms with Crippen LogP contribution in [0.5, 0.6) is 0 Å². The van der Waals surface area contributed by atoms with Crippen LogP contribution >= 0.6 is 22.7 Å². The lowest BCUT2D eigenvalue weighted by molar-refractivity contribution is -0.131. The lowest BCUT2D eigenvalue weighted by Gasteiger charge is -2.25. The lowest BCUT2D eigenvalue weighted by Crippen LogP contribution is -2.36.